The number of carbonyl (C=O) groups excluding carboxylic acids is 1. The van der Waals surface area contributed by atoms with Crippen LogP contribution in [0.15, 0.2) is 0 Å². The highest BCUT2D eigenvalue weighted by Crippen LogP contribution is 1.99. The van der Waals surface area contributed by atoms with Gasteiger partial charge in [-0.1, -0.05) is 12.8 Å². The largest absolute Gasteiger partial charge is 0.468 e. The molecule has 0 aromatic carbocycles. The molecular formula is C5H13BN2O2S. The van der Waals surface area contributed by atoms with Crippen molar-refractivity contribution in [1.29, 1.82) is 0 Å². The van der Waals surface area contributed by atoms with E-state index in [1.165, 1.54) is 11.4 Å². The second-order valence-corrected chi connectivity index (χ2v) is 2.80. The van der Waals surface area contributed by atoms with E-state index in [0.717, 1.165) is 0 Å². The molecule has 0 aromatic heterocycles. The van der Waals surface area contributed by atoms with Crippen LogP contribution in [0, 0.1) is 0 Å². The van der Waals surface area contributed by atoms with Gasteiger partial charge in [-0.2, -0.15) is 0 Å². The summed E-state index contributed by atoms with van der Waals surface area (Å²) in [6.45, 7) is 0.534. The molecule has 0 unspecified atom stereocenters. The van der Waals surface area contributed by atoms with Crippen molar-refractivity contribution in [2.45, 2.75) is 6.04 Å². The highest BCUT2D eigenvalue weighted by molar-refractivity contribution is 7.77. The minimum Gasteiger partial charge on any atom is -0.468 e. The number of thiol groups is 1. The van der Waals surface area contributed by atoms with Gasteiger partial charge in [0.1, 0.15) is 6.04 Å². The van der Waals surface area contributed by atoms with Crippen molar-refractivity contribution in [2.75, 3.05) is 20.7 Å². The fraction of sp³-hybridized carbons (Fsp3) is 0.800. The smallest absolute Gasteiger partial charge is 0.325 e. The van der Waals surface area contributed by atoms with Crippen LogP contribution in [0.4, 0.5) is 0 Å². The van der Waals surface area contributed by atoms with Gasteiger partial charge in [-0.05, 0) is 7.05 Å². The number of likely N-dealkylation sites (N-methyl/N-ethyl adjacent to an activating group) is 1. The molecular weight excluding hydrogens is 163 g/mol. The summed E-state index contributed by atoms with van der Waals surface area (Å²) in [5.74, 6) is -0.281. The summed E-state index contributed by atoms with van der Waals surface area (Å²) in [6.07, 6.45) is 0. The predicted octanol–water partition coefficient (Wildman–Crippen LogP) is -1.56. The van der Waals surface area contributed by atoms with Gasteiger partial charge in [-0.15, -0.1) is 0 Å². The van der Waals surface area contributed by atoms with Gasteiger partial charge in [0.2, 0.25) is 0 Å². The van der Waals surface area contributed by atoms with Crippen LogP contribution >= 0.6 is 12.8 Å². The Morgan fingerprint density at radius 2 is 2.45 bits per heavy atom. The summed E-state index contributed by atoms with van der Waals surface area (Å²) in [7, 11) is 4.84. The van der Waals surface area contributed by atoms with Gasteiger partial charge in [-0.25, -0.2) is 4.31 Å². The van der Waals surface area contributed by atoms with Crippen molar-refractivity contribution in [3.05, 3.63) is 0 Å². The molecule has 6 heteroatoms. The van der Waals surface area contributed by atoms with E-state index in [4.69, 9.17) is 0 Å². The van der Waals surface area contributed by atoms with Gasteiger partial charge < -0.3 is 9.96 Å². The topological polar surface area (TPSA) is 41.6 Å². The molecule has 0 aliphatic carbocycles. The molecule has 0 bridgehead atoms. The number of rotatable bonds is 4. The van der Waals surface area contributed by atoms with Crippen LogP contribution in [0.25, 0.3) is 0 Å². The lowest BCUT2D eigenvalue weighted by Gasteiger charge is -2.19. The lowest BCUT2D eigenvalue weighted by Crippen LogP contribution is -2.41. The molecule has 0 saturated carbocycles. The number of hydrogen-bond acceptors (Lipinski definition) is 5. The average Bonchev–Trinajstić information content (AvgIpc) is 1.98. The van der Waals surface area contributed by atoms with Crippen LogP contribution in [0.3, 0.4) is 0 Å². The second kappa shape index (κ2) is 5.45. The zero-order chi connectivity index (χ0) is 8.85. The van der Waals surface area contributed by atoms with Crippen molar-refractivity contribution in [3.8, 4) is 0 Å². The van der Waals surface area contributed by atoms with Crippen LogP contribution in [-0.2, 0) is 9.53 Å². The third-order valence-corrected chi connectivity index (χ3v) is 1.60. The van der Waals surface area contributed by atoms with E-state index in [9.17, 15) is 4.79 Å². The van der Waals surface area contributed by atoms with Gasteiger partial charge >= 0.3 is 5.97 Å². The summed E-state index contributed by atoms with van der Waals surface area (Å²) in [5.41, 5.74) is 0. The van der Waals surface area contributed by atoms with Crippen molar-refractivity contribution in [2.24, 2.45) is 0 Å². The lowest BCUT2D eigenvalue weighted by molar-refractivity contribution is -0.144. The van der Waals surface area contributed by atoms with E-state index in [2.05, 4.69) is 22.8 Å². The minimum atomic E-state index is -0.326. The number of hydrogen-bond donors (Lipinski definition) is 2. The molecule has 1 N–H and O–H groups in total. The van der Waals surface area contributed by atoms with Gasteiger partial charge in [0.25, 0.3) is 0 Å². The Kier molecular flexibility index (Phi) is 5.36. The van der Waals surface area contributed by atoms with E-state index in [0.29, 0.717) is 6.54 Å². The van der Waals surface area contributed by atoms with Gasteiger partial charge in [0, 0.05) is 6.54 Å². The van der Waals surface area contributed by atoms with Gasteiger partial charge in [0.15, 0.2) is 7.98 Å². The number of carbonyl (C=O) groups is 1. The zero-order valence-corrected chi connectivity index (χ0v) is 7.89. The number of methoxy groups -OCH3 is 1. The van der Waals surface area contributed by atoms with E-state index in [1.807, 2.05) is 0 Å². The highest BCUT2D eigenvalue weighted by Gasteiger charge is 2.20. The van der Waals surface area contributed by atoms with Crippen molar-refractivity contribution >= 4 is 26.8 Å². The number of nitrogens with zero attached hydrogens (tertiary/aromatic N) is 1. The minimum absolute atomic E-state index is 0.281. The molecule has 11 heavy (non-hydrogen) atoms. The maximum Gasteiger partial charge on any atom is 0.325 e. The molecule has 4 nitrogen and oxygen atoms in total. The molecule has 0 rings (SSSR count). The summed E-state index contributed by atoms with van der Waals surface area (Å²) in [6, 6.07) is -0.326. The summed E-state index contributed by atoms with van der Waals surface area (Å²) >= 11 is 4.01. The van der Waals surface area contributed by atoms with Crippen molar-refractivity contribution in [1.82, 2.24) is 9.53 Å². The molecule has 64 valence electrons. The number of ether oxygens (including phenoxy) is 1. The molecule has 0 spiro atoms. The fourth-order valence-corrected chi connectivity index (χ4v) is 0.873. The molecule has 1 atom stereocenters. The molecule has 0 amide bonds. The second-order valence-electron chi connectivity index (χ2n) is 2.17. The molecule has 0 radical (unpaired) electrons. The highest BCUT2D eigenvalue weighted by atomic mass is 32.1. The molecule has 0 aromatic rings. The fourth-order valence-electron chi connectivity index (χ4n) is 0.697. The Morgan fingerprint density at radius 1 is 1.91 bits per heavy atom. The molecule has 0 saturated heterocycles. The first-order valence-electron chi connectivity index (χ1n) is 3.27. The number of esters is 1. The van der Waals surface area contributed by atoms with E-state index in [1.54, 1.807) is 15.0 Å². The monoisotopic (exact) mass is 176 g/mol. The summed E-state index contributed by atoms with van der Waals surface area (Å²) in [4.78, 5) is 11.0. The Bertz CT molecular complexity index is 134. The molecule has 0 aliphatic rings. The Morgan fingerprint density at radius 3 is 2.73 bits per heavy atom. The lowest BCUT2D eigenvalue weighted by atomic mass is 10.2. The molecule has 0 fully saturated rings. The van der Waals surface area contributed by atoms with E-state index >= 15 is 0 Å². The third kappa shape index (κ3) is 3.64. The Balaban J connectivity index is 3.98. The standard InChI is InChI=1S/C5H13BN2O2S/c1-8(11)4(3-7-6)5(9)10-2/h4,7,11H,3,6H2,1-2H3/t4-/m0/s1. The maximum absolute atomic E-state index is 11.0. The Labute approximate surface area is 73.2 Å². The normalized spacial score (nSPS) is 13.1. The van der Waals surface area contributed by atoms with E-state index in [-0.39, 0.29) is 12.0 Å². The van der Waals surface area contributed by atoms with Crippen LogP contribution in [0.1, 0.15) is 0 Å². The Hall–Kier alpha value is -0.195. The first kappa shape index (κ1) is 10.8. The first-order chi connectivity index (χ1) is 5.13. The number of nitrogens with one attached hydrogen (secondary N) is 1. The molecule has 0 heterocycles. The van der Waals surface area contributed by atoms with Crippen molar-refractivity contribution < 1.29 is 9.53 Å². The van der Waals surface area contributed by atoms with Crippen LogP contribution < -0.4 is 5.23 Å². The third-order valence-electron chi connectivity index (χ3n) is 1.32. The average molecular weight is 176 g/mol. The molecule has 0 aliphatic heterocycles. The van der Waals surface area contributed by atoms with Crippen LogP contribution in [-0.4, -0.2) is 45.0 Å². The maximum atomic E-state index is 11.0. The SMILES string of the molecule is BNC[C@@H](C(=O)OC)N(C)S. The van der Waals surface area contributed by atoms with Gasteiger partial charge in [-0.3, -0.25) is 4.79 Å². The van der Waals surface area contributed by atoms with E-state index < -0.39 is 0 Å². The van der Waals surface area contributed by atoms with Crippen LogP contribution in [0.5, 0.6) is 0 Å². The van der Waals surface area contributed by atoms with Gasteiger partial charge in [0.05, 0.1) is 7.11 Å². The quantitative estimate of drug-likeness (QED) is 0.309. The zero-order valence-electron chi connectivity index (χ0n) is 7.00. The van der Waals surface area contributed by atoms with Crippen molar-refractivity contribution in [3.63, 3.8) is 0 Å². The summed E-state index contributed by atoms with van der Waals surface area (Å²) < 4.78 is 6.07. The first-order valence-corrected chi connectivity index (χ1v) is 3.67. The van der Waals surface area contributed by atoms with Crippen LogP contribution in [0.2, 0.25) is 0 Å². The predicted molar refractivity (Wildman–Crippen MR) is 49.1 cm³/mol. The summed E-state index contributed by atoms with van der Waals surface area (Å²) in [5, 5.41) is 2.87.